The van der Waals surface area contributed by atoms with Crippen LogP contribution in [0, 0.1) is 17.8 Å². The van der Waals surface area contributed by atoms with Crippen molar-refractivity contribution in [3.05, 3.63) is 0 Å². The Labute approximate surface area is 74.1 Å². The van der Waals surface area contributed by atoms with Crippen LogP contribution in [0.2, 0.25) is 0 Å². The molecule has 0 aliphatic heterocycles. The molecule has 0 bridgehead atoms. The van der Waals surface area contributed by atoms with Crippen LogP contribution in [-0.4, -0.2) is 18.8 Å². The summed E-state index contributed by atoms with van der Waals surface area (Å²) in [5, 5.41) is 0. The van der Waals surface area contributed by atoms with Crippen LogP contribution in [0.15, 0.2) is 0 Å². The van der Waals surface area contributed by atoms with Gasteiger partial charge in [-0.2, -0.15) is 13.2 Å². The number of carbonyl (C=O) groups excluding carboxylic acids is 1. The molecule has 0 radical (unpaired) electrons. The second-order valence-corrected chi connectivity index (χ2v) is 3.47. The van der Waals surface area contributed by atoms with E-state index in [0.717, 1.165) is 0 Å². The molecule has 2 unspecified atom stereocenters. The van der Waals surface area contributed by atoms with E-state index in [9.17, 15) is 18.0 Å². The molecule has 0 aromatic heterocycles. The van der Waals surface area contributed by atoms with Gasteiger partial charge in [-0.15, -0.1) is 0 Å². The molecule has 0 saturated heterocycles. The molecule has 0 amide bonds. The molecule has 0 aromatic carbocycles. The summed E-state index contributed by atoms with van der Waals surface area (Å²) in [4.78, 5) is 11.0. The van der Waals surface area contributed by atoms with E-state index in [1.807, 2.05) is 13.8 Å². The highest BCUT2D eigenvalue weighted by Gasteiger charge is 2.50. The van der Waals surface area contributed by atoms with Crippen LogP contribution in [-0.2, 0) is 9.53 Å². The van der Waals surface area contributed by atoms with E-state index in [4.69, 9.17) is 0 Å². The normalized spacial score (nSPS) is 32.8. The minimum absolute atomic E-state index is 0.153. The van der Waals surface area contributed by atoms with Gasteiger partial charge in [-0.05, 0) is 11.8 Å². The molecule has 0 spiro atoms. The van der Waals surface area contributed by atoms with E-state index in [2.05, 4.69) is 4.74 Å². The Balaban J connectivity index is 2.28. The molecular weight excluding hydrogens is 185 g/mol. The summed E-state index contributed by atoms with van der Waals surface area (Å²) in [5.41, 5.74) is 0. The molecule has 1 aliphatic rings. The van der Waals surface area contributed by atoms with Gasteiger partial charge < -0.3 is 4.74 Å². The average Bonchev–Trinajstić information content (AvgIpc) is 2.54. The zero-order valence-corrected chi connectivity index (χ0v) is 7.39. The van der Waals surface area contributed by atoms with E-state index in [0.29, 0.717) is 0 Å². The number of ether oxygens (including phenoxy) is 1. The minimum Gasteiger partial charge on any atom is -0.456 e. The molecule has 76 valence electrons. The summed E-state index contributed by atoms with van der Waals surface area (Å²) in [5.74, 6) is -0.749. The van der Waals surface area contributed by atoms with E-state index in [1.165, 1.54) is 0 Å². The van der Waals surface area contributed by atoms with Crippen LogP contribution in [0.4, 0.5) is 13.2 Å². The quantitative estimate of drug-likeness (QED) is 0.631. The molecule has 2 atom stereocenters. The standard InChI is InChI=1S/C8H11F3O2/c1-4-5(2)6(4)7(12)13-3-8(9,10)11/h4-6H,3H2,1-2H3. The molecule has 0 N–H and O–H groups in total. The zero-order valence-electron chi connectivity index (χ0n) is 7.39. The first kappa shape index (κ1) is 10.3. The topological polar surface area (TPSA) is 26.3 Å². The van der Waals surface area contributed by atoms with Crippen molar-refractivity contribution >= 4 is 5.97 Å². The predicted octanol–water partition coefficient (Wildman–Crippen LogP) is 1.99. The van der Waals surface area contributed by atoms with Crippen molar-refractivity contribution in [1.82, 2.24) is 0 Å². The smallest absolute Gasteiger partial charge is 0.422 e. The summed E-state index contributed by atoms with van der Waals surface area (Å²) in [7, 11) is 0. The first-order valence-corrected chi connectivity index (χ1v) is 4.06. The number of rotatable bonds is 2. The molecule has 1 saturated carbocycles. The Morgan fingerprint density at radius 1 is 1.31 bits per heavy atom. The third kappa shape index (κ3) is 2.60. The highest BCUT2D eigenvalue weighted by atomic mass is 19.4. The van der Waals surface area contributed by atoms with Crippen LogP contribution in [0.5, 0.6) is 0 Å². The summed E-state index contributed by atoms with van der Waals surface area (Å²) >= 11 is 0. The lowest BCUT2D eigenvalue weighted by Crippen LogP contribution is -2.21. The maximum atomic E-state index is 11.6. The van der Waals surface area contributed by atoms with E-state index < -0.39 is 18.8 Å². The van der Waals surface area contributed by atoms with E-state index in [-0.39, 0.29) is 17.8 Å². The predicted molar refractivity (Wildman–Crippen MR) is 38.8 cm³/mol. The largest absolute Gasteiger partial charge is 0.456 e. The van der Waals surface area contributed by atoms with Crippen molar-refractivity contribution in [1.29, 1.82) is 0 Å². The number of hydrogen-bond donors (Lipinski definition) is 0. The van der Waals surface area contributed by atoms with Crippen molar-refractivity contribution in [3.63, 3.8) is 0 Å². The van der Waals surface area contributed by atoms with Gasteiger partial charge >= 0.3 is 12.1 Å². The van der Waals surface area contributed by atoms with Crippen molar-refractivity contribution in [2.45, 2.75) is 20.0 Å². The first-order chi connectivity index (χ1) is 5.83. The van der Waals surface area contributed by atoms with E-state index in [1.54, 1.807) is 0 Å². The molecule has 13 heavy (non-hydrogen) atoms. The van der Waals surface area contributed by atoms with Gasteiger partial charge in [0.2, 0.25) is 0 Å². The van der Waals surface area contributed by atoms with Gasteiger partial charge in [0.1, 0.15) is 0 Å². The maximum Gasteiger partial charge on any atom is 0.422 e. The monoisotopic (exact) mass is 196 g/mol. The zero-order chi connectivity index (χ0) is 10.2. The first-order valence-electron chi connectivity index (χ1n) is 4.06. The second-order valence-electron chi connectivity index (χ2n) is 3.47. The Morgan fingerprint density at radius 2 is 1.77 bits per heavy atom. The minimum atomic E-state index is -4.42. The highest BCUT2D eigenvalue weighted by molar-refractivity contribution is 5.76. The Morgan fingerprint density at radius 3 is 2.08 bits per heavy atom. The highest BCUT2D eigenvalue weighted by Crippen LogP contribution is 2.46. The van der Waals surface area contributed by atoms with Gasteiger partial charge in [0, 0.05) is 0 Å². The number of hydrogen-bond acceptors (Lipinski definition) is 2. The lowest BCUT2D eigenvalue weighted by Gasteiger charge is -2.06. The van der Waals surface area contributed by atoms with Crippen molar-refractivity contribution in [2.24, 2.45) is 17.8 Å². The lowest BCUT2D eigenvalue weighted by atomic mass is 10.3. The Bertz CT molecular complexity index is 204. The summed E-state index contributed by atoms with van der Waals surface area (Å²) in [6, 6.07) is 0. The van der Waals surface area contributed by atoms with Crippen LogP contribution < -0.4 is 0 Å². The van der Waals surface area contributed by atoms with Gasteiger partial charge in [-0.3, -0.25) is 4.79 Å². The van der Waals surface area contributed by atoms with Gasteiger partial charge in [0.25, 0.3) is 0 Å². The molecule has 1 aliphatic carbocycles. The van der Waals surface area contributed by atoms with Gasteiger partial charge in [0.05, 0.1) is 5.92 Å². The van der Waals surface area contributed by atoms with Crippen molar-refractivity contribution in [2.75, 3.05) is 6.61 Å². The van der Waals surface area contributed by atoms with Crippen LogP contribution in [0.25, 0.3) is 0 Å². The van der Waals surface area contributed by atoms with Crippen LogP contribution >= 0.6 is 0 Å². The van der Waals surface area contributed by atoms with Crippen molar-refractivity contribution in [3.8, 4) is 0 Å². The van der Waals surface area contributed by atoms with Crippen molar-refractivity contribution < 1.29 is 22.7 Å². The lowest BCUT2D eigenvalue weighted by molar-refractivity contribution is -0.187. The summed E-state index contributed by atoms with van der Waals surface area (Å²) in [6.07, 6.45) is -4.42. The molecule has 5 heteroatoms. The van der Waals surface area contributed by atoms with Gasteiger partial charge in [-0.25, -0.2) is 0 Å². The molecule has 1 rings (SSSR count). The summed E-state index contributed by atoms with van der Waals surface area (Å²) < 4.78 is 39.0. The third-order valence-electron chi connectivity index (χ3n) is 2.47. The summed E-state index contributed by atoms with van der Waals surface area (Å²) in [6.45, 7) is 2.18. The Hall–Kier alpha value is -0.740. The molecule has 0 aromatic rings. The fourth-order valence-corrected chi connectivity index (χ4v) is 1.34. The number of esters is 1. The fraction of sp³-hybridized carbons (Fsp3) is 0.875. The molecule has 2 nitrogen and oxygen atoms in total. The number of carbonyl (C=O) groups is 1. The van der Waals surface area contributed by atoms with E-state index >= 15 is 0 Å². The van der Waals surface area contributed by atoms with Crippen LogP contribution in [0.1, 0.15) is 13.8 Å². The average molecular weight is 196 g/mol. The molecular formula is C8H11F3O2. The maximum absolute atomic E-state index is 11.6. The second kappa shape index (κ2) is 3.20. The molecule has 0 heterocycles. The van der Waals surface area contributed by atoms with Gasteiger partial charge in [0.15, 0.2) is 6.61 Å². The fourth-order valence-electron chi connectivity index (χ4n) is 1.34. The Kier molecular flexibility index (Phi) is 2.54. The third-order valence-corrected chi connectivity index (χ3v) is 2.47. The SMILES string of the molecule is CC1C(C)C1C(=O)OCC(F)(F)F. The number of halogens is 3. The van der Waals surface area contributed by atoms with Gasteiger partial charge in [-0.1, -0.05) is 13.8 Å². The molecule has 1 fully saturated rings. The number of alkyl halides is 3. The van der Waals surface area contributed by atoms with Crippen LogP contribution in [0.3, 0.4) is 0 Å².